The van der Waals surface area contributed by atoms with Crippen LogP contribution >= 0.6 is 0 Å². The van der Waals surface area contributed by atoms with Crippen LogP contribution in [0.1, 0.15) is 49.9 Å². The number of nitrogens with one attached hydrogen (secondary N) is 2. The summed E-state index contributed by atoms with van der Waals surface area (Å²) < 4.78 is 0. The second kappa shape index (κ2) is 5.16. The van der Waals surface area contributed by atoms with Crippen LogP contribution < -0.4 is 5.32 Å². The van der Waals surface area contributed by atoms with Crippen molar-refractivity contribution in [3.63, 3.8) is 0 Å². The number of carbonyl (C=O) groups excluding carboxylic acids is 1. The predicted octanol–water partition coefficient (Wildman–Crippen LogP) is 3.73. The number of nitrogens with zero attached hydrogens (tertiary/aromatic N) is 2. The SMILES string of the molecule is CC(C)(C)c1[nH]nc2c1[C@@H](c1ccnc3ccccc13)CC(=O)N2. The Bertz CT molecular complexity index is 931. The Balaban J connectivity index is 1.97. The molecule has 0 fully saturated rings. The van der Waals surface area contributed by atoms with Crippen molar-refractivity contribution in [3.8, 4) is 0 Å². The molecule has 5 heteroatoms. The molecule has 4 rings (SSSR count). The number of aromatic nitrogens is 3. The van der Waals surface area contributed by atoms with Gasteiger partial charge in [-0.15, -0.1) is 0 Å². The zero-order valence-corrected chi connectivity index (χ0v) is 14.1. The summed E-state index contributed by atoms with van der Waals surface area (Å²) in [6, 6.07) is 10.1. The van der Waals surface area contributed by atoms with Gasteiger partial charge in [0.05, 0.1) is 5.52 Å². The number of benzene rings is 1. The van der Waals surface area contributed by atoms with Gasteiger partial charge in [-0.3, -0.25) is 14.9 Å². The van der Waals surface area contributed by atoms with E-state index in [4.69, 9.17) is 0 Å². The zero-order valence-electron chi connectivity index (χ0n) is 14.1. The van der Waals surface area contributed by atoms with Crippen LogP contribution in [0, 0.1) is 0 Å². The van der Waals surface area contributed by atoms with Crippen molar-refractivity contribution in [2.45, 2.75) is 38.5 Å². The molecule has 1 aromatic carbocycles. The number of anilines is 1. The highest BCUT2D eigenvalue weighted by atomic mass is 16.1. The summed E-state index contributed by atoms with van der Waals surface area (Å²) in [6.45, 7) is 6.46. The van der Waals surface area contributed by atoms with Crippen molar-refractivity contribution < 1.29 is 4.79 Å². The second-order valence-electron chi connectivity index (χ2n) is 7.33. The van der Waals surface area contributed by atoms with Crippen LogP contribution in [0.3, 0.4) is 0 Å². The third-order valence-corrected chi connectivity index (χ3v) is 4.61. The number of hydrogen-bond acceptors (Lipinski definition) is 3. The molecule has 1 amide bonds. The Morgan fingerprint density at radius 3 is 2.75 bits per heavy atom. The van der Waals surface area contributed by atoms with Gasteiger partial charge in [-0.2, -0.15) is 5.10 Å². The molecule has 2 N–H and O–H groups in total. The summed E-state index contributed by atoms with van der Waals surface area (Å²) in [6.07, 6.45) is 2.24. The highest BCUT2D eigenvalue weighted by Gasteiger charge is 2.35. The minimum atomic E-state index is -0.0796. The van der Waals surface area contributed by atoms with Gasteiger partial charge in [0, 0.05) is 40.6 Å². The Kier molecular flexibility index (Phi) is 3.20. The maximum Gasteiger partial charge on any atom is 0.226 e. The molecule has 1 atom stereocenters. The first-order valence-corrected chi connectivity index (χ1v) is 8.17. The fourth-order valence-electron chi connectivity index (χ4n) is 3.51. The lowest BCUT2D eigenvalue weighted by Gasteiger charge is -2.27. The number of rotatable bonds is 1. The Morgan fingerprint density at radius 1 is 1.17 bits per heavy atom. The molecule has 24 heavy (non-hydrogen) atoms. The van der Waals surface area contributed by atoms with Gasteiger partial charge < -0.3 is 5.32 Å². The van der Waals surface area contributed by atoms with E-state index in [2.05, 4.69) is 47.3 Å². The van der Waals surface area contributed by atoms with Crippen LogP contribution in [0.4, 0.5) is 5.82 Å². The van der Waals surface area contributed by atoms with Crippen LogP contribution in [0.2, 0.25) is 0 Å². The summed E-state index contributed by atoms with van der Waals surface area (Å²) >= 11 is 0. The number of carbonyl (C=O) groups is 1. The molecule has 3 heterocycles. The van der Waals surface area contributed by atoms with Crippen molar-refractivity contribution in [1.82, 2.24) is 15.2 Å². The molecule has 0 spiro atoms. The molecule has 122 valence electrons. The van der Waals surface area contributed by atoms with E-state index in [1.54, 1.807) is 0 Å². The molecule has 0 saturated heterocycles. The molecule has 0 bridgehead atoms. The standard InChI is InChI=1S/C19H20N4O/c1-19(2,3)17-16-13(10-15(24)21-18(16)23-22-17)11-8-9-20-14-7-5-4-6-12(11)14/h4-9,13H,10H2,1-3H3,(H2,21,22,23,24)/t13-/m1/s1. The molecule has 0 saturated carbocycles. The molecule has 1 aliphatic rings. The fourth-order valence-corrected chi connectivity index (χ4v) is 3.51. The van der Waals surface area contributed by atoms with E-state index in [0.717, 1.165) is 27.7 Å². The zero-order chi connectivity index (χ0) is 16.9. The monoisotopic (exact) mass is 320 g/mol. The van der Waals surface area contributed by atoms with Gasteiger partial charge in [0.15, 0.2) is 5.82 Å². The van der Waals surface area contributed by atoms with Crippen LogP contribution in [-0.4, -0.2) is 21.1 Å². The van der Waals surface area contributed by atoms with Gasteiger partial charge in [-0.05, 0) is 17.7 Å². The first kappa shape index (κ1) is 14.9. The van der Waals surface area contributed by atoms with Crippen LogP contribution in [-0.2, 0) is 10.2 Å². The summed E-state index contributed by atoms with van der Waals surface area (Å²) in [4.78, 5) is 16.7. The van der Waals surface area contributed by atoms with E-state index in [0.29, 0.717) is 12.2 Å². The molecule has 0 aliphatic carbocycles. The first-order valence-electron chi connectivity index (χ1n) is 8.17. The highest BCUT2D eigenvalue weighted by Crippen LogP contribution is 2.43. The van der Waals surface area contributed by atoms with Crippen LogP contribution in [0.15, 0.2) is 36.5 Å². The molecule has 2 aromatic heterocycles. The van der Waals surface area contributed by atoms with Gasteiger partial charge in [-0.1, -0.05) is 39.0 Å². The van der Waals surface area contributed by atoms with Gasteiger partial charge in [0.1, 0.15) is 0 Å². The summed E-state index contributed by atoms with van der Waals surface area (Å²) in [5.41, 5.74) is 4.16. The van der Waals surface area contributed by atoms with E-state index >= 15 is 0 Å². The third-order valence-electron chi connectivity index (χ3n) is 4.61. The number of aromatic amines is 1. The van der Waals surface area contributed by atoms with E-state index in [9.17, 15) is 4.79 Å². The number of para-hydroxylation sites is 1. The molecule has 1 aliphatic heterocycles. The highest BCUT2D eigenvalue weighted by molar-refractivity contribution is 5.96. The van der Waals surface area contributed by atoms with Gasteiger partial charge >= 0.3 is 0 Å². The minimum absolute atomic E-state index is 0.000326. The molecule has 0 unspecified atom stereocenters. The number of H-pyrrole nitrogens is 1. The maximum atomic E-state index is 12.2. The number of fused-ring (bicyclic) bond motifs is 2. The van der Waals surface area contributed by atoms with E-state index in [1.807, 2.05) is 30.5 Å². The molecular formula is C19H20N4O. The van der Waals surface area contributed by atoms with Crippen molar-refractivity contribution in [2.24, 2.45) is 0 Å². The number of amides is 1. The Hall–Kier alpha value is -2.69. The van der Waals surface area contributed by atoms with Gasteiger partial charge in [0.2, 0.25) is 5.91 Å². The van der Waals surface area contributed by atoms with Crippen molar-refractivity contribution >= 4 is 22.6 Å². The third kappa shape index (κ3) is 2.28. The quantitative estimate of drug-likeness (QED) is 0.717. The van der Waals surface area contributed by atoms with E-state index < -0.39 is 0 Å². The number of pyridine rings is 1. The summed E-state index contributed by atoms with van der Waals surface area (Å²) in [5, 5.41) is 11.5. The molecule has 0 radical (unpaired) electrons. The predicted molar refractivity (Wildman–Crippen MR) is 94.1 cm³/mol. The summed E-state index contributed by atoms with van der Waals surface area (Å²) in [7, 11) is 0. The van der Waals surface area contributed by atoms with Gasteiger partial charge in [0.25, 0.3) is 0 Å². The lowest BCUT2D eigenvalue weighted by atomic mass is 9.79. The van der Waals surface area contributed by atoms with Crippen LogP contribution in [0.25, 0.3) is 10.9 Å². The molecule has 3 aromatic rings. The molecule has 5 nitrogen and oxygen atoms in total. The average molecular weight is 320 g/mol. The van der Waals surface area contributed by atoms with Gasteiger partial charge in [-0.25, -0.2) is 0 Å². The van der Waals surface area contributed by atoms with Crippen molar-refractivity contribution in [2.75, 3.05) is 5.32 Å². The summed E-state index contributed by atoms with van der Waals surface area (Å²) in [5.74, 6) is 0.636. The maximum absolute atomic E-state index is 12.2. The smallest absolute Gasteiger partial charge is 0.226 e. The Morgan fingerprint density at radius 2 is 1.96 bits per heavy atom. The van der Waals surface area contributed by atoms with E-state index in [1.165, 1.54) is 0 Å². The lowest BCUT2D eigenvalue weighted by Crippen LogP contribution is -2.26. The second-order valence-corrected chi connectivity index (χ2v) is 7.33. The van der Waals surface area contributed by atoms with E-state index in [-0.39, 0.29) is 17.2 Å². The Labute approximate surface area is 140 Å². The number of hydrogen-bond donors (Lipinski definition) is 2. The normalized spacial score (nSPS) is 17.6. The fraction of sp³-hybridized carbons (Fsp3) is 0.316. The van der Waals surface area contributed by atoms with Crippen molar-refractivity contribution in [3.05, 3.63) is 53.3 Å². The minimum Gasteiger partial charge on any atom is -0.309 e. The lowest BCUT2D eigenvalue weighted by molar-refractivity contribution is -0.116. The van der Waals surface area contributed by atoms with Crippen molar-refractivity contribution in [1.29, 1.82) is 0 Å². The average Bonchev–Trinajstić information content (AvgIpc) is 2.97. The van der Waals surface area contributed by atoms with Crippen LogP contribution in [0.5, 0.6) is 0 Å². The largest absolute Gasteiger partial charge is 0.309 e. The molecular weight excluding hydrogens is 300 g/mol. The topological polar surface area (TPSA) is 70.7 Å². The first-order chi connectivity index (χ1) is 11.4.